The van der Waals surface area contributed by atoms with Gasteiger partial charge in [0, 0.05) is 48.2 Å². The second-order valence-corrected chi connectivity index (χ2v) is 8.69. The number of carbonyl (C=O) groups is 1. The summed E-state index contributed by atoms with van der Waals surface area (Å²) < 4.78 is 5.41. The standard InChI is InChI=1S/C25H22ClN7O2/c26-21-9-15(1-3-17(21)11-27)23(19-13-29-30-14-19)33-24(34)16-2-4-18-12-28-25(32-22(18)10-16)31-20-5-7-35-8-6-20/h1-4,9-10,12-14,20,23H,5-8H2,(H,29,30)(H,33,34)(H,28,31,32)/t23-/m1/s1. The summed E-state index contributed by atoms with van der Waals surface area (Å²) in [5.41, 5.74) is 2.98. The second-order valence-electron chi connectivity index (χ2n) is 8.29. The van der Waals surface area contributed by atoms with Crippen molar-refractivity contribution in [2.24, 2.45) is 0 Å². The van der Waals surface area contributed by atoms with Crippen LogP contribution in [0.3, 0.4) is 0 Å². The highest BCUT2D eigenvalue weighted by molar-refractivity contribution is 6.31. The van der Waals surface area contributed by atoms with Crippen LogP contribution in [-0.4, -0.2) is 45.3 Å². The van der Waals surface area contributed by atoms with E-state index in [1.54, 1.807) is 48.9 Å². The number of nitrogens with one attached hydrogen (secondary N) is 3. The summed E-state index contributed by atoms with van der Waals surface area (Å²) in [4.78, 5) is 22.3. The average Bonchev–Trinajstić information content (AvgIpc) is 3.42. The summed E-state index contributed by atoms with van der Waals surface area (Å²) in [6.07, 6.45) is 6.90. The number of aromatic amines is 1. The van der Waals surface area contributed by atoms with Crippen LogP contribution in [0.2, 0.25) is 5.02 Å². The van der Waals surface area contributed by atoms with Gasteiger partial charge in [0.1, 0.15) is 6.07 Å². The van der Waals surface area contributed by atoms with Crippen LogP contribution in [0.15, 0.2) is 55.0 Å². The van der Waals surface area contributed by atoms with Gasteiger partial charge in [0.05, 0.1) is 28.3 Å². The molecule has 0 spiro atoms. The fourth-order valence-electron chi connectivity index (χ4n) is 4.05. The minimum absolute atomic E-state index is 0.266. The molecule has 1 saturated heterocycles. The maximum absolute atomic E-state index is 13.3. The molecule has 1 amide bonds. The van der Waals surface area contributed by atoms with Gasteiger partial charge >= 0.3 is 0 Å². The maximum Gasteiger partial charge on any atom is 0.252 e. The first-order valence-corrected chi connectivity index (χ1v) is 11.6. The number of H-pyrrole nitrogens is 1. The number of ether oxygens (including phenoxy) is 1. The molecule has 3 heterocycles. The number of halogens is 1. The Bertz CT molecular complexity index is 1390. The Balaban J connectivity index is 1.40. The highest BCUT2D eigenvalue weighted by atomic mass is 35.5. The number of hydrogen-bond donors (Lipinski definition) is 3. The molecule has 0 aliphatic carbocycles. The summed E-state index contributed by atoms with van der Waals surface area (Å²) in [5, 5.41) is 23.5. The zero-order chi connectivity index (χ0) is 24.2. The van der Waals surface area contributed by atoms with E-state index in [2.05, 4.69) is 30.8 Å². The Hall–Kier alpha value is -4.00. The number of nitriles is 1. The van der Waals surface area contributed by atoms with Gasteiger partial charge in [-0.15, -0.1) is 0 Å². The molecule has 0 radical (unpaired) electrons. The molecule has 1 atom stereocenters. The van der Waals surface area contributed by atoms with Crippen LogP contribution < -0.4 is 10.6 Å². The predicted octanol–water partition coefficient (Wildman–Crippen LogP) is 3.99. The van der Waals surface area contributed by atoms with E-state index in [0.29, 0.717) is 27.6 Å². The van der Waals surface area contributed by atoms with Crippen LogP contribution in [0.4, 0.5) is 5.95 Å². The number of carbonyl (C=O) groups excluding carboxylic acids is 1. The lowest BCUT2D eigenvalue weighted by atomic mass is 9.99. The van der Waals surface area contributed by atoms with E-state index >= 15 is 0 Å². The van der Waals surface area contributed by atoms with Gasteiger partial charge in [0.2, 0.25) is 5.95 Å². The minimum Gasteiger partial charge on any atom is -0.381 e. The maximum atomic E-state index is 13.3. The zero-order valence-electron chi connectivity index (χ0n) is 18.7. The van der Waals surface area contributed by atoms with Crippen molar-refractivity contribution >= 4 is 34.4 Å². The van der Waals surface area contributed by atoms with E-state index in [-0.39, 0.29) is 11.9 Å². The van der Waals surface area contributed by atoms with Gasteiger partial charge in [-0.25, -0.2) is 9.97 Å². The topological polar surface area (TPSA) is 129 Å². The number of amides is 1. The summed E-state index contributed by atoms with van der Waals surface area (Å²) >= 11 is 6.25. The smallest absolute Gasteiger partial charge is 0.252 e. The van der Waals surface area contributed by atoms with Crippen molar-refractivity contribution < 1.29 is 9.53 Å². The predicted molar refractivity (Wildman–Crippen MR) is 131 cm³/mol. The third-order valence-corrected chi connectivity index (χ3v) is 6.29. The molecule has 1 aliphatic rings. The Morgan fingerprint density at radius 1 is 1.17 bits per heavy atom. The molecule has 2 aromatic carbocycles. The molecule has 176 valence electrons. The largest absolute Gasteiger partial charge is 0.381 e. The highest BCUT2D eigenvalue weighted by Gasteiger charge is 2.21. The fourth-order valence-corrected chi connectivity index (χ4v) is 4.28. The minimum atomic E-state index is -0.515. The molecule has 9 nitrogen and oxygen atoms in total. The average molecular weight is 488 g/mol. The van der Waals surface area contributed by atoms with Crippen LogP contribution in [0, 0.1) is 11.3 Å². The molecule has 0 unspecified atom stereocenters. The molecular weight excluding hydrogens is 466 g/mol. The Kier molecular flexibility index (Phi) is 6.57. The third-order valence-electron chi connectivity index (χ3n) is 5.97. The van der Waals surface area contributed by atoms with E-state index < -0.39 is 6.04 Å². The molecule has 5 rings (SSSR count). The normalized spacial score (nSPS) is 14.9. The van der Waals surface area contributed by atoms with Crippen molar-refractivity contribution in [3.63, 3.8) is 0 Å². The van der Waals surface area contributed by atoms with Crippen LogP contribution >= 0.6 is 11.6 Å². The van der Waals surface area contributed by atoms with E-state index in [9.17, 15) is 10.1 Å². The lowest BCUT2D eigenvalue weighted by Crippen LogP contribution is -2.29. The summed E-state index contributed by atoms with van der Waals surface area (Å²) in [5.74, 6) is 0.251. The summed E-state index contributed by atoms with van der Waals surface area (Å²) in [6.45, 7) is 1.44. The zero-order valence-corrected chi connectivity index (χ0v) is 19.4. The van der Waals surface area contributed by atoms with Gasteiger partial charge in [-0.2, -0.15) is 10.4 Å². The van der Waals surface area contributed by atoms with Gasteiger partial charge in [0.15, 0.2) is 0 Å². The molecule has 10 heteroatoms. The van der Waals surface area contributed by atoms with Crippen molar-refractivity contribution in [2.75, 3.05) is 18.5 Å². The Labute approximate surface area is 206 Å². The molecule has 2 aromatic heterocycles. The first-order chi connectivity index (χ1) is 17.1. The third kappa shape index (κ3) is 5.09. The Morgan fingerprint density at radius 3 is 2.77 bits per heavy atom. The van der Waals surface area contributed by atoms with E-state index in [1.807, 2.05) is 12.1 Å². The Morgan fingerprint density at radius 2 is 2.03 bits per heavy atom. The lowest BCUT2D eigenvalue weighted by molar-refractivity contribution is 0.0903. The van der Waals surface area contributed by atoms with Gasteiger partial charge < -0.3 is 15.4 Å². The van der Waals surface area contributed by atoms with E-state index in [1.165, 1.54) is 0 Å². The van der Waals surface area contributed by atoms with Crippen molar-refractivity contribution in [1.29, 1.82) is 5.26 Å². The van der Waals surface area contributed by atoms with Crippen LogP contribution in [0.5, 0.6) is 0 Å². The number of fused-ring (bicyclic) bond motifs is 1. The first kappa shape index (κ1) is 22.8. The van der Waals surface area contributed by atoms with Crippen LogP contribution in [0.25, 0.3) is 10.9 Å². The molecule has 4 aromatic rings. The van der Waals surface area contributed by atoms with Gasteiger partial charge in [-0.05, 0) is 42.7 Å². The quantitative estimate of drug-likeness (QED) is 0.375. The number of nitrogens with zero attached hydrogens (tertiary/aromatic N) is 4. The molecule has 1 fully saturated rings. The van der Waals surface area contributed by atoms with Crippen molar-refractivity contribution in [2.45, 2.75) is 24.9 Å². The number of anilines is 1. The van der Waals surface area contributed by atoms with Crippen LogP contribution in [-0.2, 0) is 4.74 Å². The lowest BCUT2D eigenvalue weighted by Gasteiger charge is -2.23. The molecule has 3 N–H and O–H groups in total. The molecule has 35 heavy (non-hydrogen) atoms. The van der Waals surface area contributed by atoms with Crippen molar-refractivity contribution in [3.05, 3.63) is 82.3 Å². The van der Waals surface area contributed by atoms with Crippen molar-refractivity contribution in [3.8, 4) is 6.07 Å². The molecular formula is C25H22ClN7O2. The van der Waals surface area contributed by atoms with Gasteiger partial charge in [-0.3, -0.25) is 9.89 Å². The van der Waals surface area contributed by atoms with Gasteiger partial charge in [-0.1, -0.05) is 23.7 Å². The van der Waals surface area contributed by atoms with Crippen LogP contribution in [0.1, 0.15) is 45.9 Å². The second kappa shape index (κ2) is 10.1. The van der Waals surface area contributed by atoms with Gasteiger partial charge in [0.25, 0.3) is 5.91 Å². The molecule has 1 aliphatic heterocycles. The van der Waals surface area contributed by atoms with E-state index in [4.69, 9.17) is 16.3 Å². The first-order valence-electron chi connectivity index (χ1n) is 11.2. The monoisotopic (exact) mass is 487 g/mol. The fraction of sp³-hybridized carbons (Fsp3) is 0.240. The van der Waals surface area contributed by atoms with Crippen molar-refractivity contribution in [1.82, 2.24) is 25.5 Å². The number of benzene rings is 2. The number of rotatable bonds is 6. The summed E-state index contributed by atoms with van der Waals surface area (Å²) in [7, 11) is 0. The number of hydrogen-bond acceptors (Lipinski definition) is 7. The molecule has 0 saturated carbocycles. The number of aromatic nitrogens is 4. The molecule has 0 bridgehead atoms. The SMILES string of the molecule is N#Cc1ccc([C@@H](NC(=O)c2ccc3cnc(NC4CCOCC4)nc3c2)c2cn[nH]c2)cc1Cl. The highest BCUT2D eigenvalue weighted by Crippen LogP contribution is 2.27. The van der Waals surface area contributed by atoms with E-state index in [0.717, 1.165) is 42.6 Å². The summed E-state index contributed by atoms with van der Waals surface area (Å²) in [6, 6.07) is 12.2.